The summed E-state index contributed by atoms with van der Waals surface area (Å²) in [5.74, 6) is 0.860. The minimum Gasteiger partial charge on any atom is -0.355 e. The van der Waals surface area contributed by atoms with Crippen molar-refractivity contribution in [2.24, 2.45) is 5.92 Å². The second kappa shape index (κ2) is 9.28. The summed E-state index contributed by atoms with van der Waals surface area (Å²) in [6.07, 6.45) is 3.30. The number of aryl methyl sites for hydroxylation is 1. The third-order valence-electron chi connectivity index (χ3n) is 5.05. The second-order valence-electron chi connectivity index (χ2n) is 7.46. The van der Waals surface area contributed by atoms with Crippen molar-refractivity contribution in [2.45, 2.75) is 33.1 Å². The van der Waals surface area contributed by atoms with E-state index >= 15 is 0 Å². The average Bonchev–Trinajstić information content (AvgIpc) is 2.72. The average molecular weight is 390 g/mol. The minimum atomic E-state index is -0.296. The molecule has 0 saturated carbocycles. The molecule has 0 spiro atoms. The quantitative estimate of drug-likeness (QED) is 0.648. The standard InChI is InChI=1S/C23H26N4O2/c1-15(2)20(17-8-5-4-6-9-17)14-25-21(28)12-19-16(3)26-22(27-23(19)29)18-10-7-11-24-13-18/h4-11,13,15,20H,12,14H2,1-3H3,(H,25,28)(H,26,27,29). The monoisotopic (exact) mass is 390 g/mol. The molecule has 6 heteroatoms. The fourth-order valence-electron chi connectivity index (χ4n) is 3.34. The highest BCUT2D eigenvalue weighted by Crippen LogP contribution is 2.23. The van der Waals surface area contributed by atoms with Crippen molar-refractivity contribution in [2.75, 3.05) is 6.54 Å². The van der Waals surface area contributed by atoms with Crippen LogP contribution in [0.5, 0.6) is 0 Å². The molecule has 3 rings (SSSR count). The fourth-order valence-corrected chi connectivity index (χ4v) is 3.34. The van der Waals surface area contributed by atoms with E-state index in [1.807, 2.05) is 24.3 Å². The molecule has 0 saturated heterocycles. The Labute approximate surface area is 170 Å². The van der Waals surface area contributed by atoms with Crippen LogP contribution in [-0.4, -0.2) is 27.4 Å². The summed E-state index contributed by atoms with van der Waals surface area (Å²) < 4.78 is 0. The summed E-state index contributed by atoms with van der Waals surface area (Å²) in [6.45, 7) is 6.55. The Hall–Kier alpha value is -3.28. The van der Waals surface area contributed by atoms with Crippen LogP contribution in [-0.2, 0) is 11.2 Å². The van der Waals surface area contributed by atoms with Gasteiger partial charge in [-0.1, -0.05) is 44.2 Å². The van der Waals surface area contributed by atoms with Gasteiger partial charge in [0.15, 0.2) is 0 Å². The SMILES string of the molecule is Cc1nc(-c2cccnc2)[nH]c(=O)c1CC(=O)NCC(c1ccccc1)C(C)C. The van der Waals surface area contributed by atoms with Crippen LogP contribution in [0.25, 0.3) is 11.4 Å². The molecular weight excluding hydrogens is 364 g/mol. The highest BCUT2D eigenvalue weighted by Gasteiger charge is 2.18. The number of hydrogen-bond acceptors (Lipinski definition) is 4. The van der Waals surface area contributed by atoms with Gasteiger partial charge in [0, 0.05) is 41.7 Å². The first-order valence-electron chi connectivity index (χ1n) is 9.77. The first-order chi connectivity index (χ1) is 14.0. The predicted molar refractivity (Wildman–Crippen MR) is 114 cm³/mol. The van der Waals surface area contributed by atoms with Crippen LogP contribution in [0.2, 0.25) is 0 Å². The molecule has 0 aliphatic carbocycles. The summed E-state index contributed by atoms with van der Waals surface area (Å²) in [6, 6.07) is 13.8. The van der Waals surface area contributed by atoms with E-state index in [-0.39, 0.29) is 23.8 Å². The fraction of sp³-hybridized carbons (Fsp3) is 0.304. The molecule has 0 aliphatic rings. The van der Waals surface area contributed by atoms with Crippen LogP contribution in [0.4, 0.5) is 0 Å². The van der Waals surface area contributed by atoms with Gasteiger partial charge in [-0.05, 0) is 30.5 Å². The Morgan fingerprint density at radius 3 is 2.52 bits per heavy atom. The minimum absolute atomic E-state index is 0.00108. The Morgan fingerprint density at radius 2 is 1.90 bits per heavy atom. The molecule has 1 amide bonds. The largest absolute Gasteiger partial charge is 0.355 e. The van der Waals surface area contributed by atoms with Gasteiger partial charge in [-0.2, -0.15) is 0 Å². The number of benzene rings is 1. The molecule has 0 fully saturated rings. The summed E-state index contributed by atoms with van der Waals surface area (Å²) >= 11 is 0. The van der Waals surface area contributed by atoms with Crippen LogP contribution < -0.4 is 10.9 Å². The molecule has 1 unspecified atom stereocenters. The van der Waals surface area contributed by atoms with Gasteiger partial charge in [-0.15, -0.1) is 0 Å². The van der Waals surface area contributed by atoms with E-state index in [1.54, 1.807) is 25.4 Å². The molecule has 3 aromatic rings. The molecule has 150 valence electrons. The lowest BCUT2D eigenvalue weighted by atomic mass is 9.88. The molecule has 1 aromatic carbocycles. The highest BCUT2D eigenvalue weighted by atomic mass is 16.2. The van der Waals surface area contributed by atoms with Gasteiger partial charge in [0.2, 0.25) is 5.91 Å². The Kier molecular flexibility index (Phi) is 6.54. The number of H-pyrrole nitrogens is 1. The molecule has 2 N–H and O–H groups in total. The number of carbonyl (C=O) groups is 1. The summed E-state index contributed by atoms with van der Waals surface area (Å²) in [7, 11) is 0. The van der Waals surface area contributed by atoms with Crippen LogP contribution in [0.3, 0.4) is 0 Å². The lowest BCUT2D eigenvalue weighted by Gasteiger charge is -2.22. The Bertz CT molecular complexity index is 1010. The number of carbonyl (C=O) groups excluding carboxylic acids is 1. The highest BCUT2D eigenvalue weighted by molar-refractivity contribution is 5.78. The molecule has 0 aliphatic heterocycles. The predicted octanol–water partition coefficient (Wildman–Crippen LogP) is 3.24. The van der Waals surface area contributed by atoms with E-state index in [4.69, 9.17) is 0 Å². The van der Waals surface area contributed by atoms with Crippen LogP contribution in [0.15, 0.2) is 59.7 Å². The zero-order chi connectivity index (χ0) is 20.8. The van der Waals surface area contributed by atoms with E-state index in [1.165, 1.54) is 5.56 Å². The first-order valence-corrected chi connectivity index (χ1v) is 9.77. The molecule has 6 nitrogen and oxygen atoms in total. The molecule has 0 radical (unpaired) electrons. The number of aromatic amines is 1. The van der Waals surface area contributed by atoms with Gasteiger partial charge in [-0.3, -0.25) is 14.6 Å². The Morgan fingerprint density at radius 1 is 1.14 bits per heavy atom. The molecule has 2 aromatic heterocycles. The number of amides is 1. The molecule has 0 bridgehead atoms. The van der Waals surface area contributed by atoms with E-state index < -0.39 is 0 Å². The number of rotatable bonds is 7. The zero-order valence-corrected chi connectivity index (χ0v) is 17.0. The number of nitrogens with zero attached hydrogens (tertiary/aromatic N) is 2. The van der Waals surface area contributed by atoms with E-state index in [0.29, 0.717) is 29.5 Å². The Balaban J connectivity index is 1.70. The van der Waals surface area contributed by atoms with E-state index in [9.17, 15) is 9.59 Å². The molecule has 1 atom stereocenters. The van der Waals surface area contributed by atoms with Crippen molar-refractivity contribution >= 4 is 5.91 Å². The van der Waals surface area contributed by atoms with Crippen LogP contribution in [0, 0.1) is 12.8 Å². The van der Waals surface area contributed by atoms with Crippen molar-refractivity contribution in [1.82, 2.24) is 20.3 Å². The third kappa shape index (κ3) is 5.16. The summed E-state index contributed by atoms with van der Waals surface area (Å²) in [5, 5.41) is 2.98. The van der Waals surface area contributed by atoms with Crippen molar-refractivity contribution in [3.05, 3.63) is 82.0 Å². The lowest BCUT2D eigenvalue weighted by molar-refractivity contribution is -0.120. The second-order valence-corrected chi connectivity index (χ2v) is 7.46. The smallest absolute Gasteiger partial charge is 0.255 e. The maximum Gasteiger partial charge on any atom is 0.255 e. The maximum atomic E-state index is 12.5. The van der Waals surface area contributed by atoms with Gasteiger partial charge in [-0.25, -0.2) is 4.98 Å². The van der Waals surface area contributed by atoms with Crippen LogP contribution >= 0.6 is 0 Å². The molecular formula is C23H26N4O2. The van der Waals surface area contributed by atoms with Gasteiger partial charge >= 0.3 is 0 Å². The maximum absolute atomic E-state index is 12.5. The molecule has 29 heavy (non-hydrogen) atoms. The summed E-state index contributed by atoms with van der Waals surface area (Å²) in [5.41, 5.74) is 2.56. The van der Waals surface area contributed by atoms with Gasteiger partial charge in [0.25, 0.3) is 5.56 Å². The summed E-state index contributed by atoms with van der Waals surface area (Å²) in [4.78, 5) is 36.3. The number of nitrogens with one attached hydrogen (secondary N) is 2. The van der Waals surface area contributed by atoms with Crippen molar-refractivity contribution < 1.29 is 4.79 Å². The number of pyridine rings is 1. The lowest BCUT2D eigenvalue weighted by Crippen LogP contribution is -2.33. The number of hydrogen-bond donors (Lipinski definition) is 2. The van der Waals surface area contributed by atoms with E-state index in [0.717, 1.165) is 5.56 Å². The zero-order valence-electron chi connectivity index (χ0n) is 17.0. The topological polar surface area (TPSA) is 87.7 Å². The van der Waals surface area contributed by atoms with Crippen molar-refractivity contribution in [3.63, 3.8) is 0 Å². The van der Waals surface area contributed by atoms with Crippen molar-refractivity contribution in [3.8, 4) is 11.4 Å². The number of aromatic nitrogens is 3. The first kappa shape index (κ1) is 20.5. The van der Waals surface area contributed by atoms with Crippen molar-refractivity contribution in [1.29, 1.82) is 0 Å². The third-order valence-corrected chi connectivity index (χ3v) is 5.05. The van der Waals surface area contributed by atoms with Gasteiger partial charge in [0.05, 0.1) is 6.42 Å². The van der Waals surface area contributed by atoms with E-state index in [2.05, 4.69) is 46.2 Å². The molecule has 2 heterocycles. The van der Waals surface area contributed by atoms with Gasteiger partial charge in [0.1, 0.15) is 5.82 Å². The normalized spacial score (nSPS) is 12.0. The van der Waals surface area contributed by atoms with Crippen LogP contribution in [0.1, 0.15) is 36.6 Å². The van der Waals surface area contributed by atoms with Gasteiger partial charge < -0.3 is 10.3 Å².